The lowest BCUT2D eigenvalue weighted by atomic mass is 10.2. The van der Waals surface area contributed by atoms with Crippen LogP contribution in [0.4, 0.5) is 0 Å². The molecule has 0 atom stereocenters. The van der Waals surface area contributed by atoms with Gasteiger partial charge in [-0.15, -0.1) is 0 Å². The van der Waals surface area contributed by atoms with Crippen LogP contribution >= 0.6 is 0 Å². The molecule has 1 aromatic carbocycles. The molecule has 114 valence electrons. The molecule has 0 radical (unpaired) electrons. The summed E-state index contributed by atoms with van der Waals surface area (Å²) in [5.74, 6) is -0.0532. The second kappa shape index (κ2) is 6.03. The van der Waals surface area contributed by atoms with Gasteiger partial charge in [-0.3, -0.25) is 0 Å². The third kappa shape index (κ3) is 2.87. The Morgan fingerprint density at radius 1 is 1.32 bits per heavy atom. The molecule has 6 heteroatoms. The largest absolute Gasteiger partial charge is 0.508 e. The lowest BCUT2D eigenvalue weighted by Crippen LogP contribution is -2.15. The van der Waals surface area contributed by atoms with Crippen molar-refractivity contribution in [2.75, 3.05) is 0 Å². The van der Waals surface area contributed by atoms with Gasteiger partial charge in [0.25, 0.3) is 0 Å². The first-order chi connectivity index (χ1) is 10.4. The van der Waals surface area contributed by atoms with Crippen LogP contribution in [0.5, 0.6) is 5.75 Å². The molecule has 2 aromatic rings. The number of aromatic hydroxyl groups is 1. The summed E-state index contributed by atoms with van der Waals surface area (Å²) in [6.45, 7) is 5.02. The van der Waals surface area contributed by atoms with Gasteiger partial charge in [-0.05, 0) is 37.3 Å². The standard InChI is InChI=1S/C16H14O5S/c1-3-5-6-13(4-2)22(19,20)15-10-11-9-12(17)7-8-14(11)21-16(15)18/h3-10,17H,1H2,2H3/b6-5-,13-4+. The van der Waals surface area contributed by atoms with Crippen molar-refractivity contribution < 1.29 is 17.9 Å². The Labute approximate surface area is 127 Å². The van der Waals surface area contributed by atoms with Crippen molar-refractivity contribution in [1.29, 1.82) is 0 Å². The molecular formula is C16H14O5S. The smallest absolute Gasteiger partial charge is 0.355 e. The van der Waals surface area contributed by atoms with Gasteiger partial charge in [0.2, 0.25) is 9.84 Å². The van der Waals surface area contributed by atoms with E-state index in [9.17, 15) is 18.3 Å². The molecule has 0 fully saturated rings. The zero-order valence-corrected chi connectivity index (χ0v) is 12.6. The molecule has 0 aliphatic heterocycles. The van der Waals surface area contributed by atoms with E-state index in [4.69, 9.17) is 4.42 Å². The first kappa shape index (κ1) is 15.8. The van der Waals surface area contributed by atoms with Crippen molar-refractivity contribution in [3.8, 4) is 5.75 Å². The minimum atomic E-state index is -4.02. The highest BCUT2D eigenvalue weighted by Crippen LogP contribution is 2.24. The zero-order valence-electron chi connectivity index (χ0n) is 11.8. The topological polar surface area (TPSA) is 84.6 Å². The molecule has 1 N–H and O–H groups in total. The predicted octanol–water partition coefficient (Wildman–Crippen LogP) is 2.92. The van der Waals surface area contributed by atoms with E-state index in [0.29, 0.717) is 5.39 Å². The van der Waals surface area contributed by atoms with E-state index in [1.807, 2.05) is 0 Å². The van der Waals surface area contributed by atoms with Crippen LogP contribution in [0.1, 0.15) is 6.92 Å². The van der Waals surface area contributed by atoms with Gasteiger partial charge in [-0.1, -0.05) is 24.8 Å². The fourth-order valence-electron chi connectivity index (χ4n) is 1.91. The van der Waals surface area contributed by atoms with Crippen LogP contribution in [-0.2, 0) is 9.84 Å². The van der Waals surface area contributed by atoms with E-state index in [0.717, 1.165) is 0 Å². The number of hydrogen-bond donors (Lipinski definition) is 1. The van der Waals surface area contributed by atoms with Gasteiger partial charge in [-0.25, -0.2) is 13.2 Å². The van der Waals surface area contributed by atoms with Gasteiger partial charge in [-0.2, -0.15) is 0 Å². The highest BCUT2D eigenvalue weighted by atomic mass is 32.2. The minimum Gasteiger partial charge on any atom is -0.508 e. The summed E-state index contributed by atoms with van der Waals surface area (Å²) >= 11 is 0. The van der Waals surface area contributed by atoms with Gasteiger partial charge in [0.15, 0.2) is 4.90 Å². The quantitative estimate of drug-likeness (QED) is 0.692. The fraction of sp³-hybridized carbons (Fsp3) is 0.0625. The van der Waals surface area contributed by atoms with Crippen molar-refractivity contribution in [3.05, 3.63) is 70.5 Å². The number of benzene rings is 1. The van der Waals surface area contributed by atoms with Crippen molar-refractivity contribution >= 4 is 20.8 Å². The Morgan fingerprint density at radius 3 is 2.68 bits per heavy atom. The Bertz CT molecular complexity index is 946. The van der Waals surface area contributed by atoms with Gasteiger partial charge in [0.1, 0.15) is 11.3 Å². The van der Waals surface area contributed by atoms with Gasteiger partial charge >= 0.3 is 5.63 Å². The summed E-state index contributed by atoms with van der Waals surface area (Å²) in [6, 6.07) is 5.27. The van der Waals surface area contributed by atoms with E-state index in [1.165, 1.54) is 48.6 Å². The Morgan fingerprint density at radius 2 is 2.05 bits per heavy atom. The van der Waals surface area contributed by atoms with E-state index in [-0.39, 0.29) is 16.2 Å². The Kier molecular flexibility index (Phi) is 4.32. The third-order valence-electron chi connectivity index (χ3n) is 2.96. The third-order valence-corrected chi connectivity index (χ3v) is 4.82. The van der Waals surface area contributed by atoms with Gasteiger partial charge in [0, 0.05) is 5.39 Å². The maximum absolute atomic E-state index is 12.5. The summed E-state index contributed by atoms with van der Waals surface area (Å²) in [4.78, 5) is 11.5. The van der Waals surface area contributed by atoms with E-state index >= 15 is 0 Å². The van der Waals surface area contributed by atoms with Crippen LogP contribution < -0.4 is 5.63 Å². The highest BCUT2D eigenvalue weighted by Gasteiger charge is 2.23. The van der Waals surface area contributed by atoms with Crippen LogP contribution in [-0.4, -0.2) is 13.5 Å². The predicted molar refractivity (Wildman–Crippen MR) is 84.4 cm³/mol. The van der Waals surface area contributed by atoms with Crippen molar-refractivity contribution in [1.82, 2.24) is 0 Å². The first-order valence-corrected chi connectivity index (χ1v) is 7.86. The first-order valence-electron chi connectivity index (χ1n) is 6.37. The van der Waals surface area contributed by atoms with Crippen molar-refractivity contribution in [3.63, 3.8) is 0 Å². The van der Waals surface area contributed by atoms with Crippen LogP contribution in [0.25, 0.3) is 11.0 Å². The second-order valence-electron chi connectivity index (χ2n) is 4.41. The molecule has 0 spiro atoms. The number of rotatable bonds is 4. The summed E-state index contributed by atoms with van der Waals surface area (Å²) in [7, 11) is -4.02. The molecule has 1 heterocycles. The summed E-state index contributed by atoms with van der Waals surface area (Å²) in [6.07, 6.45) is 5.61. The molecule has 22 heavy (non-hydrogen) atoms. The maximum Gasteiger partial charge on any atom is 0.355 e. The van der Waals surface area contributed by atoms with E-state index in [2.05, 4.69) is 6.58 Å². The number of allylic oxidation sites excluding steroid dienone is 4. The summed E-state index contributed by atoms with van der Waals surface area (Å²) < 4.78 is 30.1. The summed E-state index contributed by atoms with van der Waals surface area (Å²) in [5.41, 5.74) is -0.755. The SMILES string of the molecule is C=C/C=C\C(=C/C)S(=O)(=O)c1cc2cc(O)ccc2oc1=O. The second-order valence-corrected chi connectivity index (χ2v) is 6.33. The molecule has 5 nitrogen and oxygen atoms in total. The van der Waals surface area contributed by atoms with E-state index < -0.39 is 20.4 Å². The van der Waals surface area contributed by atoms with Crippen LogP contribution in [0.3, 0.4) is 0 Å². The number of phenols is 1. The molecule has 0 unspecified atom stereocenters. The molecular weight excluding hydrogens is 304 g/mol. The van der Waals surface area contributed by atoms with E-state index in [1.54, 1.807) is 6.92 Å². The lowest BCUT2D eigenvalue weighted by Gasteiger charge is -2.05. The number of sulfone groups is 1. The number of hydrogen-bond acceptors (Lipinski definition) is 5. The average Bonchev–Trinajstić information content (AvgIpc) is 2.47. The normalized spacial score (nSPS) is 12.9. The molecule has 0 amide bonds. The highest BCUT2D eigenvalue weighted by molar-refractivity contribution is 7.95. The Balaban J connectivity index is 2.72. The maximum atomic E-state index is 12.5. The molecule has 0 saturated carbocycles. The van der Waals surface area contributed by atoms with Crippen LogP contribution in [0.2, 0.25) is 0 Å². The van der Waals surface area contributed by atoms with Gasteiger partial charge in [0.05, 0.1) is 4.91 Å². The van der Waals surface area contributed by atoms with Crippen molar-refractivity contribution in [2.24, 2.45) is 0 Å². The van der Waals surface area contributed by atoms with Crippen LogP contribution in [0, 0.1) is 0 Å². The molecule has 0 aliphatic rings. The van der Waals surface area contributed by atoms with Crippen molar-refractivity contribution in [2.45, 2.75) is 11.8 Å². The number of phenolic OH excluding ortho intramolecular Hbond substituents is 1. The molecule has 0 saturated heterocycles. The lowest BCUT2D eigenvalue weighted by molar-refractivity contribution is 0.474. The minimum absolute atomic E-state index is 0.0424. The molecule has 0 bridgehead atoms. The van der Waals surface area contributed by atoms with Crippen LogP contribution in [0.15, 0.2) is 74.2 Å². The fourth-order valence-corrected chi connectivity index (χ4v) is 3.28. The molecule has 0 aliphatic carbocycles. The Hall–Kier alpha value is -2.60. The average molecular weight is 318 g/mol. The number of fused-ring (bicyclic) bond motifs is 1. The molecule has 2 rings (SSSR count). The zero-order chi connectivity index (χ0) is 16.3. The molecule has 1 aromatic heterocycles. The summed E-state index contributed by atoms with van der Waals surface area (Å²) in [5, 5.41) is 9.78. The monoisotopic (exact) mass is 318 g/mol. The van der Waals surface area contributed by atoms with Gasteiger partial charge < -0.3 is 9.52 Å².